The van der Waals surface area contributed by atoms with Gasteiger partial charge in [-0.2, -0.15) is 0 Å². The van der Waals surface area contributed by atoms with Gasteiger partial charge in [0.15, 0.2) is 44.0 Å². The first-order valence-electron chi connectivity index (χ1n) is 25.5. The lowest BCUT2D eigenvalue weighted by atomic mass is 9.95. The first-order valence-corrected chi connectivity index (χ1v) is 31.7. The van der Waals surface area contributed by atoms with Crippen LogP contribution in [0.3, 0.4) is 0 Å². The molecule has 0 radical (unpaired) electrons. The molecule has 0 unspecified atom stereocenters. The van der Waals surface area contributed by atoms with E-state index < -0.39 is 261 Å². The lowest BCUT2D eigenvalue weighted by molar-refractivity contribution is -0.395. The molecule has 21 saturated heterocycles. The Hall–Kier alpha value is 3.71. The molecule has 21 aliphatic heterocycles. The molecule has 0 amide bonds. The van der Waals surface area contributed by atoms with E-state index in [0.29, 0.717) is 0 Å². The van der Waals surface area contributed by atoms with Gasteiger partial charge in [0.2, 0.25) is 0 Å². The van der Waals surface area contributed by atoms with Gasteiger partial charge >= 0.3 is 0 Å². The van der Waals surface area contributed by atoms with E-state index in [9.17, 15) is 71.5 Å². The minimum atomic E-state index is -2.06. The minimum Gasteiger partial charge on any atom is -0.387 e. The first-order chi connectivity index (χ1) is 40.2. The quantitative estimate of drug-likeness (QED) is 0.0721. The number of hydrogen-bond donors (Lipinski definition) is 14. The molecule has 490 valence electrons. The number of rotatable bonds is 14. The Balaban J connectivity index is 1.12. The summed E-state index contributed by atoms with van der Waals surface area (Å²) in [6.07, 6.45) is -62.9. The second kappa shape index (κ2) is 34.1. The van der Waals surface area contributed by atoms with Crippen LogP contribution in [0.4, 0.5) is 0 Å². The molecule has 21 aliphatic rings. The van der Waals surface area contributed by atoms with Gasteiger partial charge in [0, 0.05) is 0 Å². The molecule has 21 fully saturated rings. The van der Waals surface area contributed by atoms with Crippen molar-refractivity contribution < 1.29 is 159 Å². The third-order valence-electron chi connectivity index (χ3n) is 15.1. The SMILES string of the molecule is O[C@@H]1[C@@H](O)[C@H]2O[C@H]3[C@H](O)[C@@H](O)[C@@H](O[C@H]4[C@H](O)[C@@H](O)[C@@H](O[C@H]5[C@H](O)[C@@H](O)[C@@H](O[C@H]6[C@H](O)[C@@H](O)[C@@H](O[C@H]7[C@H](O)[C@@H](O)[C@@H](O[C@H]8[C@H](O)[C@@H](O)[C@@H](O[C@@H]1[C@@H](COI)O2)O[C@@H]8COI)O[C@@H]7COI)O[C@@H]6COI)O[C@@H]5COI)O[C@@H]4COI)O[C@@H]3COI. The van der Waals surface area contributed by atoms with Crippen LogP contribution in [0.1, 0.15) is 0 Å². The lowest BCUT2D eigenvalue weighted by Crippen LogP contribution is -2.68. The van der Waals surface area contributed by atoms with Crippen molar-refractivity contribution in [1.29, 1.82) is 0 Å². The van der Waals surface area contributed by atoms with Crippen molar-refractivity contribution in [3.05, 3.63) is 0 Å². The molecule has 35 nitrogen and oxygen atoms in total. The summed E-state index contributed by atoms with van der Waals surface area (Å²) < 4.78 is 122. The second-order valence-electron chi connectivity index (χ2n) is 20.3. The highest BCUT2D eigenvalue weighted by atomic mass is 127. The molecule has 35 atom stereocenters. The van der Waals surface area contributed by atoms with E-state index >= 15 is 0 Å². The molecule has 0 aliphatic carbocycles. The smallest absolute Gasteiger partial charge is 0.187 e. The summed E-state index contributed by atoms with van der Waals surface area (Å²) in [7, 11) is 0. The Labute approximate surface area is 575 Å². The Bertz CT molecular complexity index is 1610. The molecular formula is C42H63I7O35. The van der Waals surface area contributed by atoms with Gasteiger partial charge in [0.05, 0.1) is 46.2 Å². The molecule has 14 N–H and O–H groups in total. The van der Waals surface area contributed by atoms with E-state index in [1.54, 1.807) is 0 Å². The highest BCUT2D eigenvalue weighted by Gasteiger charge is 2.60. The maximum absolute atomic E-state index is 11.7. The molecule has 84 heavy (non-hydrogen) atoms. The van der Waals surface area contributed by atoms with Crippen LogP contribution < -0.4 is 0 Å². The van der Waals surface area contributed by atoms with Gasteiger partial charge in [-0.15, -0.1) is 0 Å². The van der Waals surface area contributed by atoms with Crippen LogP contribution in [0.25, 0.3) is 0 Å². The maximum Gasteiger partial charge on any atom is 0.187 e. The van der Waals surface area contributed by atoms with Crippen molar-refractivity contribution in [2.75, 3.05) is 46.2 Å². The molecule has 0 spiro atoms. The molecule has 0 aromatic rings. The number of aliphatic hydroxyl groups excluding tert-OH is 14. The second-order valence-corrected chi connectivity index (χ2v) is 24.7. The number of ether oxygens (including phenoxy) is 14. The van der Waals surface area contributed by atoms with Gasteiger partial charge < -0.3 is 159 Å². The summed E-state index contributed by atoms with van der Waals surface area (Å²) >= 11 is 10.6. The van der Waals surface area contributed by atoms with Gasteiger partial charge in [-0.25, -0.2) is 0 Å². The van der Waals surface area contributed by atoms with Gasteiger partial charge in [-0.3, -0.25) is 0 Å². The Morgan fingerprint density at radius 2 is 0.286 bits per heavy atom. The average molecular weight is 2020 g/mol. The fourth-order valence-corrected chi connectivity index (χ4v) is 13.2. The highest BCUT2D eigenvalue weighted by Crippen LogP contribution is 2.40. The maximum atomic E-state index is 11.7. The van der Waals surface area contributed by atoms with Crippen molar-refractivity contribution >= 4 is 161 Å². The normalized spacial score (nSPS) is 51.8. The minimum absolute atomic E-state index is 0.411. The third-order valence-corrected chi connectivity index (χ3v) is 17.6. The number of aliphatic hydroxyl groups is 14. The van der Waals surface area contributed by atoms with Crippen molar-refractivity contribution in [3.63, 3.8) is 0 Å². The lowest BCUT2D eigenvalue weighted by Gasteiger charge is -2.50. The number of hydrogen-bond acceptors (Lipinski definition) is 35. The summed E-state index contributed by atoms with van der Waals surface area (Å²) in [4.78, 5) is 0. The molecule has 42 heteroatoms. The molecule has 21 heterocycles. The summed E-state index contributed by atoms with van der Waals surface area (Å²) in [6, 6.07) is 0. The molecule has 0 aromatic carbocycles. The van der Waals surface area contributed by atoms with Gasteiger partial charge in [-0.05, 0) is 0 Å². The van der Waals surface area contributed by atoms with Crippen LogP contribution >= 0.6 is 161 Å². The summed E-state index contributed by atoms with van der Waals surface area (Å²) in [5.41, 5.74) is 0. The average Bonchev–Trinajstić information content (AvgIpc) is 2.51. The van der Waals surface area contributed by atoms with Crippen LogP contribution in [0.2, 0.25) is 0 Å². The molecule has 21 rings (SSSR count). The van der Waals surface area contributed by atoms with Crippen molar-refractivity contribution in [3.8, 4) is 0 Å². The Kier molecular flexibility index (Phi) is 29.8. The standard InChI is InChI=1S/C42H63I7O35/c43-64-1-8-29-15(50)22(57)36(71-8)79-30-9(2-65-44)73-38(24(59)17(30)52)81-32-11(4-67-46)75-40(26(61)19(32)54)83-34-13(6-69-48)77-42(28(63)21(34)56)84-35-14(7-70-49)76-41(27(62)20(35)55)82-33-12(5-68-47)74-39(25(60)18(33)53)80-31-10(3-66-45)72-37(78-29)23(58)16(31)51/h8-42,50-63H,1-7H2/t8-,9-,10-,11-,12-,13-,14-,15-,16-,17-,18-,19-,20-,21-,22-,23-,24-,25-,26-,27-,28-,29-,30-,31-,32-,33-,34-,35-,36-,37-,38-,39-,40-,41-,42-/m1/s1. The van der Waals surface area contributed by atoms with E-state index in [4.69, 9.17) is 87.8 Å². The fraction of sp³-hybridized carbons (Fsp3) is 1.00. The zero-order valence-electron chi connectivity index (χ0n) is 42.6. The highest BCUT2D eigenvalue weighted by molar-refractivity contribution is 14.1. The van der Waals surface area contributed by atoms with E-state index in [0.717, 1.165) is 0 Å². The van der Waals surface area contributed by atoms with Crippen LogP contribution in [-0.4, -0.2) is 333 Å². The zero-order valence-corrected chi connectivity index (χ0v) is 57.7. The summed E-state index contributed by atoms with van der Waals surface area (Å²) in [5.74, 6) is 0. The topological polar surface area (TPSA) is 477 Å². The summed E-state index contributed by atoms with van der Waals surface area (Å²) in [6.45, 7) is -2.87. The first kappa shape index (κ1) is 73.5. The fourth-order valence-electron chi connectivity index (χ4n) is 10.8. The van der Waals surface area contributed by atoms with Crippen LogP contribution in [0.5, 0.6) is 0 Å². The zero-order chi connectivity index (χ0) is 61.0. The van der Waals surface area contributed by atoms with Gasteiger partial charge in [0.25, 0.3) is 0 Å². The van der Waals surface area contributed by atoms with E-state index in [2.05, 4.69) is 0 Å². The van der Waals surface area contributed by atoms with Crippen molar-refractivity contribution in [1.82, 2.24) is 0 Å². The van der Waals surface area contributed by atoms with E-state index in [1.165, 1.54) is 161 Å². The molecule has 0 aromatic heterocycles. The monoisotopic (exact) mass is 2020 g/mol. The van der Waals surface area contributed by atoms with Crippen molar-refractivity contribution in [2.45, 2.75) is 215 Å². The van der Waals surface area contributed by atoms with Gasteiger partial charge in [-0.1, -0.05) is 0 Å². The molecule has 14 bridgehead atoms. The predicted molar refractivity (Wildman–Crippen MR) is 319 cm³/mol. The largest absolute Gasteiger partial charge is 0.387 e. The van der Waals surface area contributed by atoms with Crippen LogP contribution in [-0.2, 0) is 87.8 Å². The van der Waals surface area contributed by atoms with Gasteiger partial charge in [0.1, 0.15) is 332 Å². The Morgan fingerprint density at radius 3 is 0.381 bits per heavy atom. The van der Waals surface area contributed by atoms with E-state index in [1.807, 2.05) is 0 Å². The predicted octanol–water partition coefficient (Wildman–Crippen LogP) is -5.61. The number of halogens is 7. The molecular weight excluding hydrogens is 1950 g/mol. The summed E-state index contributed by atoms with van der Waals surface area (Å²) in [5, 5.41) is 163. The van der Waals surface area contributed by atoms with Crippen LogP contribution in [0.15, 0.2) is 0 Å². The molecule has 0 saturated carbocycles. The third kappa shape index (κ3) is 16.6. The van der Waals surface area contributed by atoms with Crippen molar-refractivity contribution in [2.24, 2.45) is 0 Å². The van der Waals surface area contributed by atoms with Crippen LogP contribution in [0, 0.1) is 0 Å². The van der Waals surface area contributed by atoms with E-state index in [-0.39, 0.29) is 0 Å². The Morgan fingerprint density at radius 1 is 0.179 bits per heavy atom.